The van der Waals surface area contributed by atoms with Gasteiger partial charge >= 0.3 is 0 Å². The van der Waals surface area contributed by atoms with Crippen molar-refractivity contribution >= 4 is 17.6 Å². The molecule has 8 nitrogen and oxygen atoms in total. The fourth-order valence-corrected chi connectivity index (χ4v) is 5.18. The number of ether oxygens (including phenoxy) is 1. The Morgan fingerprint density at radius 2 is 1.65 bits per heavy atom. The number of halogens is 1. The maximum Gasteiger partial charge on any atom is 0.255 e. The molecule has 40 heavy (non-hydrogen) atoms. The van der Waals surface area contributed by atoms with Crippen LogP contribution in [0, 0.1) is 23.1 Å². The van der Waals surface area contributed by atoms with Gasteiger partial charge in [0.05, 0.1) is 17.2 Å². The lowest BCUT2D eigenvalue weighted by atomic mass is 9.95. The predicted molar refractivity (Wildman–Crippen MR) is 148 cm³/mol. The molecule has 1 N–H and O–H groups in total. The molecule has 2 aliphatic rings. The Labute approximate surface area is 233 Å². The second kappa shape index (κ2) is 12.7. The van der Waals surface area contributed by atoms with E-state index in [1.54, 1.807) is 29.2 Å². The van der Waals surface area contributed by atoms with Crippen molar-refractivity contribution in [3.63, 3.8) is 0 Å². The van der Waals surface area contributed by atoms with Crippen molar-refractivity contribution in [2.45, 2.75) is 38.3 Å². The molecule has 0 spiro atoms. The van der Waals surface area contributed by atoms with Crippen molar-refractivity contribution < 1.29 is 18.7 Å². The minimum atomic E-state index is -0.301. The predicted octanol–water partition coefficient (Wildman–Crippen LogP) is 4.63. The molecule has 0 saturated carbocycles. The first-order chi connectivity index (χ1) is 19.5. The van der Waals surface area contributed by atoms with Crippen LogP contribution in [0.2, 0.25) is 0 Å². The molecule has 2 fully saturated rings. The standard InChI is InChI=1S/C31H32FN5O3/c32-26-6-8-27(9-7-26)40-28-13-17-37(18-14-28)31(39)25-5-10-29(34-20-25)35-30(38)24-11-15-36(16-12-24)21-23-3-1-22(19-33)2-4-23/h1-10,20,24,28H,11-18,21H2,(H,34,35,38). The molecule has 2 aromatic carbocycles. The molecule has 0 unspecified atom stereocenters. The zero-order chi connectivity index (χ0) is 27.9. The van der Waals surface area contributed by atoms with E-state index in [-0.39, 0.29) is 29.7 Å². The summed E-state index contributed by atoms with van der Waals surface area (Å²) < 4.78 is 19.0. The number of hydrogen-bond acceptors (Lipinski definition) is 6. The molecule has 2 amide bonds. The third-order valence-electron chi connectivity index (χ3n) is 7.55. The number of carbonyl (C=O) groups is 2. The van der Waals surface area contributed by atoms with Crippen LogP contribution in [0.3, 0.4) is 0 Å². The number of nitrogens with zero attached hydrogens (tertiary/aromatic N) is 4. The number of nitrogens with one attached hydrogen (secondary N) is 1. The van der Waals surface area contributed by atoms with Crippen LogP contribution in [0.15, 0.2) is 66.9 Å². The number of rotatable bonds is 7. The van der Waals surface area contributed by atoms with Crippen LogP contribution in [0.5, 0.6) is 5.75 Å². The van der Waals surface area contributed by atoms with Crippen LogP contribution in [-0.2, 0) is 11.3 Å². The van der Waals surface area contributed by atoms with E-state index in [1.165, 1.54) is 18.3 Å². The van der Waals surface area contributed by atoms with Crippen LogP contribution >= 0.6 is 0 Å². The summed E-state index contributed by atoms with van der Waals surface area (Å²) in [4.78, 5) is 34.2. The Balaban J connectivity index is 1.05. The van der Waals surface area contributed by atoms with E-state index >= 15 is 0 Å². The summed E-state index contributed by atoms with van der Waals surface area (Å²) in [5.74, 6) is 0.533. The van der Waals surface area contributed by atoms with Gasteiger partial charge in [0.1, 0.15) is 23.5 Å². The fourth-order valence-electron chi connectivity index (χ4n) is 5.18. The minimum Gasteiger partial charge on any atom is -0.490 e. The molecule has 3 heterocycles. The molecule has 3 aromatic rings. The van der Waals surface area contributed by atoms with E-state index in [2.05, 4.69) is 21.3 Å². The Morgan fingerprint density at radius 3 is 2.27 bits per heavy atom. The van der Waals surface area contributed by atoms with Gasteiger partial charge in [-0.1, -0.05) is 12.1 Å². The Kier molecular flexibility index (Phi) is 8.67. The van der Waals surface area contributed by atoms with Crippen LogP contribution in [0.1, 0.15) is 47.2 Å². The van der Waals surface area contributed by atoms with Crippen molar-refractivity contribution in [1.29, 1.82) is 5.26 Å². The number of aromatic nitrogens is 1. The van der Waals surface area contributed by atoms with Gasteiger partial charge in [-0.3, -0.25) is 14.5 Å². The van der Waals surface area contributed by atoms with Gasteiger partial charge in [-0.25, -0.2) is 9.37 Å². The van der Waals surface area contributed by atoms with E-state index in [9.17, 15) is 14.0 Å². The zero-order valence-corrected chi connectivity index (χ0v) is 22.3. The molecular weight excluding hydrogens is 509 g/mol. The van der Waals surface area contributed by atoms with Gasteiger partial charge in [-0.15, -0.1) is 0 Å². The highest BCUT2D eigenvalue weighted by Crippen LogP contribution is 2.23. The third kappa shape index (κ3) is 7.01. The van der Waals surface area contributed by atoms with Gasteiger partial charge < -0.3 is 15.0 Å². The monoisotopic (exact) mass is 541 g/mol. The molecule has 2 aliphatic heterocycles. The topological polar surface area (TPSA) is 98.6 Å². The van der Waals surface area contributed by atoms with Crippen molar-refractivity contribution in [1.82, 2.24) is 14.8 Å². The summed E-state index contributed by atoms with van der Waals surface area (Å²) in [5, 5.41) is 11.9. The lowest BCUT2D eigenvalue weighted by molar-refractivity contribution is -0.121. The minimum absolute atomic E-state index is 0.0203. The number of anilines is 1. The third-order valence-corrected chi connectivity index (χ3v) is 7.55. The number of nitriles is 1. The van der Waals surface area contributed by atoms with Crippen LogP contribution < -0.4 is 10.1 Å². The second-order valence-corrected chi connectivity index (χ2v) is 10.3. The summed E-state index contributed by atoms with van der Waals surface area (Å²) in [5.41, 5.74) is 2.29. The van der Waals surface area contributed by atoms with Crippen LogP contribution in [-0.4, -0.2) is 58.9 Å². The van der Waals surface area contributed by atoms with Crippen molar-refractivity contribution in [3.05, 3.63) is 89.4 Å². The molecular formula is C31H32FN5O3. The van der Waals surface area contributed by atoms with Crippen molar-refractivity contribution in [2.24, 2.45) is 5.92 Å². The summed E-state index contributed by atoms with van der Waals surface area (Å²) in [7, 11) is 0. The highest BCUT2D eigenvalue weighted by atomic mass is 19.1. The first kappa shape index (κ1) is 27.3. The zero-order valence-electron chi connectivity index (χ0n) is 22.3. The SMILES string of the molecule is N#Cc1ccc(CN2CCC(C(=O)Nc3ccc(C(=O)N4CCC(Oc5ccc(F)cc5)CC4)cn3)CC2)cc1. The van der Waals surface area contributed by atoms with Gasteiger partial charge in [-0.2, -0.15) is 5.26 Å². The van der Waals surface area contributed by atoms with E-state index in [0.717, 1.165) is 38.0 Å². The number of amides is 2. The number of pyridine rings is 1. The Bertz CT molecular complexity index is 1340. The van der Waals surface area contributed by atoms with Gasteiger partial charge in [0.15, 0.2) is 0 Å². The van der Waals surface area contributed by atoms with Crippen molar-refractivity contribution in [3.8, 4) is 11.8 Å². The van der Waals surface area contributed by atoms with E-state index in [4.69, 9.17) is 10.00 Å². The lowest BCUT2D eigenvalue weighted by Crippen LogP contribution is -2.41. The molecule has 0 atom stereocenters. The van der Waals surface area contributed by atoms with Gasteiger partial charge in [0.2, 0.25) is 5.91 Å². The average molecular weight is 542 g/mol. The quantitative estimate of drug-likeness (QED) is 0.469. The number of likely N-dealkylation sites (tertiary alicyclic amines) is 2. The Hall–Kier alpha value is -4.29. The molecule has 206 valence electrons. The summed E-state index contributed by atoms with van der Waals surface area (Å²) in [6, 6.07) is 19.1. The molecule has 5 rings (SSSR count). The molecule has 2 saturated heterocycles. The molecule has 9 heteroatoms. The number of benzene rings is 2. The number of hydrogen-bond donors (Lipinski definition) is 1. The largest absolute Gasteiger partial charge is 0.490 e. The van der Waals surface area contributed by atoms with Gasteiger partial charge in [-0.05, 0) is 80.0 Å². The number of carbonyl (C=O) groups excluding carboxylic acids is 2. The lowest BCUT2D eigenvalue weighted by Gasteiger charge is -2.32. The smallest absolute Gasteiger partial charge is 0.255 e. The maximum atomic E-state index is 13.1. The number of piperidine rings is 2. The fraction of sp³-hybridized carbons (Fsp3) is 0.355. The highest BCUT2D eigenvalue weighted by molar-refractivity contribution is 5.95. The average Bonchev–Trinajstić information content (AvgIpc) is 2.99. The first-order valence-electron chi connectivity index (χ1n) is 13.7. The molecule has 1 aromatic heterocycles. The van der Waals surface area contributed by atoms with Gasteiger partial charge in [0.25, 0.3) is 5.91 Å². The normalized spacial score (nSPS) is 16.8. The first-order valence-corrected chi connectivity index (χ1v) is 13.7. The summed E-state index contributed by atoms with van der Waals surface area (Å²) in [6.07, 6.45) is 4.40. The summed E-state index contributed by atoms with van der Waals surface area (Å²) >= 11 is 0. The van der Waals surface area contributed by atoms with E-state index < -0.39 is 0 Å². The van der Waals surface area contributed by atoms with Crippen molar-refractivity contribution in [2.75, 3.05) is 31.5 Å². The second-order valence-electron chi connectivity index (χ2n) is 10.3. The maximum absolute atomic E-state index is 13.1. The van der Waals surface area contributed by atoms with E-state index in [1.807, 2.05) is 24.3 Å². The molecule has 0 radical (unpaired) electrons. The highest BCUT2D eigenvalue weighted by Gasteiger charge is 2.27. The molecule has 0 aliphatic carbocycles. The van der Waals surface area contributed by atoms with Crippen LogP contribution in [0.4, 0.5) is 10.2 Å². The Morgan fingerprint density at radius 1 is 0.950 bits per heavy atom. The summed E-state index contributed by atoms with van der Waals surface area (Å²) in [6.45, 7) is 3.57. The van der Waals surface area contributed by atoms with E-state index in [0.29, 0.717) is 48.6 Å². The van der Waals surface area contributed by atoms with Gasteiger partial charge in [0, 0.05) is 44.6 Å². The molecule has 0 bridgehead atoms. The van der Waals surface area contributed by atoms with Crippen LogP contribution in [0.25, 0.3) is 0 Å².